The number of hydrogen-bond acceptors (Lipinski definition) is 7. The van der Waals surface area contributed by atoms with Crippen molar-refractivity contribution >= 4 is 23.7 Å². The van der Waals surface area contributed by atoms with Gasteiger partial charge in [-0.05, 0) is 55.3 Å². The van der Waals surface area contributed by atoms with Crippen molar-refractivity contribution in [3.8, 4) is 11.5 Å². The van der Waals surface area contributed by atoms with Crippen molar-refractivity contribution in [3.05, 3.63) is 62.7 Å². The maximum absolute atomic E-state index is 10.5. The predicted molar refractivity (Wildman–Crippen MR) is 89.5 cm³/mol. The molecule has 0 amide bonds. The summed E-state index contributed by atoms with van der Waals surface area (Å²) < 4.78 is 10.6. The quantitative estimate of drug-likeness (QED) is 0.379. The van der Waals surface area contributed by atoms with E-state index in [-0.39, 0.29) is 5.88 Å². The number of nitro groups is 1. The molecule has 0 N–H and O–H groups in total. The van der Waals surface area contributed by atoms with Crippen molar-refractivity contribution in [3.63, 3.8) is 0 Å². The fourth-order valence-electron chi connectivity index (χ4n) is 2.16. The summed E-state index contributed by atoms with van der Waals surface area (Å²) in [5.74, 6) is 0.532. The molecule has 0 aliphatic carbocycles. The lowest BCUT2D eigenvalue weighted by Crippen LogP contribution is -1.82. The first-order chi connectivity index (χ1) is 11.5. The molecule has 0 spiro atoms. The predicted octanol–water partition coefficient (Wildman–Crippen LogP) is 4.62. The molecule has 0 atom stereocenters. The SMILES string of the molecule is Cc1cc(C)cc(-c2nnc(S/C=C/c3ccc([N+](=O)[O-])o3)o2)c1. The molecular formula is C16H13N3O4S. The van der Waals surface area contributed by atoms with Gasteiger partial charge >= 0.3 is 5.88 Å². The molecule has 0 aliphatic rings. The number of hydrogen-bond donors (Lipinski definition) is 0. The third kappa shape index (κ3) is 3.72. The Morgan fingerprint density at radius 1 is 1.12 bits per heavy atom. The van der Waals surface area contributed by atoms with E-state index >= 15 is 0 Å². The van der Waals surface area contributed by atoms with Gasteiger partial charge < -0.3 is 8.83 Å². The van der Waals surface area contributed by atoms with E-state index in [1.165, 1.54) is 23.9 Å². The van der Waals surface area contributed by atoms with Crippen LogP contribution in [0.25, 0.3) is 17.5 Å². The van der Waals surface area contributed by atoms with Gasteiger partial charge in [0.25, 0.3) is 5.22 Å². The van der Waals surface area contributed by atoms with Crippen LogP contribution in [0.5, 0.6) is 0 Å². The lowest BCUT2D eigenvalue weighted by Gasteiger charge is -1.99. The molecule has 2 heterocycles. The summed E-state index contributed by atoms with van der Waals surface area (Å²) in [6.07, 6.45) is 1.60. The molecular weight excluding hydrogens is 330 g/mol. The molecule has 7 nitrogen and oxygen atoms in total. The highest BCUT2D eigenvalue weighted by Gasteiger charge is 2.11. The molecule has 3 rings (SSSR count). The van der Waals surface area contributed by atoms with Gasteiger partial charge in [0, 0.05) is 5.56 Å². The second-order valence-electron chi connectivity index (χ2n) is 5.10. The number of nitrogens with zero attached hydrogens (tertiary/aromatic N) is 3. The van der Waals surface area contributed by atoms with E-state index < -0.39 is 4.92 Å². The zero-order valence-electron chi connectivity index (χ0n) is 12.9. The van der Waals surface area contributed by atoms with E-state index in [0.717, 1.165) is 16.7 Å². The van der Waals surface area contributed by atoms with E-state index in [9.17, 15) is 10.1 Å². The topological polar surface area (TPSA) is 95.2 Å². The Labute approximate surface area is 141 Å². The highest BCUT2D eigenvalue weighted by molar-refractivity contribution is 8.02. The number of rotatable bonds is 5. The number of benzene rings is 1. The first-order valence-electron chi connectivity index (χ1n) is 7.01. The summed E-state index contributed by atoms with van der Waals surface area (Å²) in [4.78, 5) is 9.96. The van der Waals surface area contributed by atoms with Crippen LogP contribution < -0.4 is 0 Å². The normalized spacial score (nSPS) is 11.2. The van der Waals surface area contributed by atoms with Gasteiger partial charge in [-0.2, -0.15) is 0 Å². The smallest absolute Gasteiger partial charge is 0.411 e. The van der Waals surface area contributed by atoms with Crippen LogP contribution in [0.2, 0.25) is 0 Å². The highest BCUT2D eigenvalue weighted by atomic mass is 32.2. The zero-order chi connectivity index (χ0) is 17.1. The summed E-state index contributed by atoms with van der Waals surface area (Å²) in [5.41, 5.74) is 3.12. The fourth-order valence-corrected chi connectivity index (χ4v) is 2.69. The average Bonchev–Trinajstić information content (AvgIpc) is 3.15. The van der Waals surface area contributed by atoms with Crippen LogP contribution in [0, 0.1) is 24.0 Å². The van der Waals surface area contributed by atoms with E-state index in [0.29, 0.717) is 16.9 Å². The van der Waals surface area contributed by atoms with E-state index in [1.807, 2.05) is 26.0 Å². The minimum atomic E-state index is -0.585. The lowest BCUT2D eigenvalue weighted by atomic mass is 10.1. The summed E-state index contributed by atoms with van der Waals surface area (Å²) in [6, 6.07) is 8.85. The molecule has 1 aromatic carbocycles. The second-order valence-corrected chi connectivity index (χ2v) is 5.96. The maximum atomic E-state index is 10.5. The fraction of sp³-hybridized carbons (Fsp3) is 0.125. The number of thioether (sulfide) groups is 1. The summed E-state index contributed by atoms with van der Waals surface area (Å²) in [7, 11) is 0. The van der Waals surface area contributed by atoms with Gasteiger partial charge in [-0.3, -0.25) is 10.1 Å². The van der Waals surface area contributed by atoms with Crippen molar-refractivity contribution < 1.29 is 13.8 Å². The summed E-state index contributed by atoms with van der Waals surface area (Å²) in [6.45, 7) is 4.02. The van der Waals surface area contributed by atoms with Gasteiger partial charge in [-0.25, -0.2) is 0 Å². The molecule has 122 valence electrons. The molecule has 24 heavy (non-hydrogen) atoms. The minimum absolute atomic E-state index is 0.297. The van der Waals surface area contributed by atoms with Crippen LogP contribution in [0.3, 0.4) is 0 Å². The van der Waals surface area contributed by atoms with Gasteiger partial charge in [0.05, 0.1) is 6.07 Å². The van der Waals surface area contributed by atoms with E-state index in [4.69, 9.17) is 8.83 Å². The van der Waals surface area contributed by atoms with Gasteiger partial charge in [0.15, 0.2) is 0 Å². The van der Waals surface area contributed by atoms with Crippen molar-refractivity contribution in [1.82, 2.24) is 10.2 Å². The van der Waals surface area contributed by atoms with Crippen LogP contribution in [0.15, 0.2) is 49.8 Å². The standard InChI is InChI=1S/C16H13N3O4S/c1-10-7-11(2)9-12(8-10)15-17-18-16(23-15)24-6-5-13-3-4-14(22-13)19(20)21/h3-9H,1-2H3/b6-5+. The Kier molecular flexibility index (Phi) is 4.48. The third-order valence-corrected chi connectivity index (χ3v) is 3.71. The molecule has 0 saturated carbocycles. The molecule has 0 radical (unpaired) electrons. The molecule has 0 bridgehead atoms. The molecule has 3 aromatic rings. The van der Waals surface area contributed by atoms with Gasteiger partial charge in [0.2, 0.25) is 5.89 Å². The Balaban J connectivity index is 1.69. The minimum Gasteiger partial charge on any atom is -0.411 e. The van der Waals surface area contributed by atoms with Gasteiger partial charge in [0.1, 0.15) is 10.7 Å². The third-order valence-electron chi connectivity index (χ3n) is 3.07. The van der Waals surface area contributed by atoms with Crippen molar-refractivity contribution in [1.29, 1.82) is 0 Å². The van der Waals surface area contributed by atoms with Gasteiger partial charge in [-0.1, -0.05) is 17.2 Å². The first kappa shape index (κ1) is 16.0. The van der Waals surface area contributed by atoms with Crippen molar-refractivity contribution in [2.75, 3.05) is 0 Å². The average molecular weight is 343 g/mol. The summed E-state index contributed by atoms with van der Waals surface area (Å²) >= 11 is 1.21. The molecule has 0 saturated heterocycles. The number of furan rings is 1. The highest BCUT2D eigenvalue weighted by Crippen LogP contribution is 2.26. The molecule has 0 unspecified atom stereocenters. The van der Waals surface area contributed by atoms with Crippen LogP contribution >= 0.6 is 11.8 Å². The Morgan fingerprint density at radius 3 is 2.54 bits per heavy atom. The van der Waals surface area contributed by atoms with Crippen LogP contribution in [0.4, 0.5) is 5.88 Å². The monoisotopic (exact) mass is 343 g/mol. The molecule has 0 fully saturated rings. The Bertz CT molecular complexity index is 893. The number of aryl methyl sites for hydroxylation is 2. The largest absolute Gasteiger partial charge is 0.433 e. The van der Waals surface area contributed by atoms with Gasteiger partial charge in [-0.15, -0.1) is 10.2 Å². The van der Waals surface area contributed by atoms with Crippen LogP contribution in [-0.2, 0) is 0 Å². The summed E-state index contributed by atoms with van der Waals surface area (Å²) in [5, 5.41) is 20.6. The Morgan fingerprint density at radius 2 is 1.88 bits per heavy atom. The number of aromatic nitrogens is 2. The van der Waals surface area contributed by atoms with Crippen molar-refractivity contribution in [2.45, 2.75) is 19.1 Å². The first-order valence-corrected chi connectivity index (χ1v) is 7.89. The molecule has 0 aliphatic heterocycles. The van der Waals surface area contributed by atoms with Crippen molar-refractivity contribution in [2.24, 2.45) is 0 Å². The molecule has 2 aromatic heterocycles. The lowest BCUT2D eigenvalue weighted by molar-refractivity contribution is -0.402. The maximum Gasteiger partial charge on any atom is 0.433 e. The zero-order valence-corrected chi connectivity index (χ0v) is 13.7. The van der Waals surface area contributed by atoms with E-state index in [2.05, 4.69) is 16.3 Å². The van der Waals surface area contributed by atoms with E-state index in [1.54, 1.807) is 11.5 Å². The Hall–Kier alpha value is -2.87. The van der Waals surface area contributed by atoms with Crippen LogP contribution in [-0.4, -0.2) is 15.1 Å². The second kappa shape index (κ2) is 6.71. The van der Waals surface area contributed by atoms with Crippen LogP contribution in [0.1, 0.15) is 16.9 Å². The molecule has 8 heteroatoms.